The van der Waals surface area contributed by atoms with Crippen molar-refractivity contribution in [2.45, 2.75) is 31.5 Å². The van der Waals surface area contributed by atoms with E-state index < -0.39 is 12.0 Å². The van der Waals surface area contributed by atoms with Crippen molar-refractivity contribution < 1.29 is 13.2 Å². The molecule has 1 saturated heterocycles. The van der Waals surface area contributed by atoms with Gasteiger partial charge < -0.3 is 9.88 Å². The summed E-state index contributed by atoms with van der Waals surface area (Å²) < 4.78 is 41.9. The molecule has 2 aromatic heterocycles. The van der Waals surface area contributed by atoms with Crippen molar-refractivity contribution in [2.75, 3.05) is 11.4 Å². The fraction of sp³-hybridized carbons (Fsp3) is 0.400. The molecular formula is C15H13ClF3N5S. The van der Waals surface area contributed by atoms with Crippen LogP contribution in [0.5, 0.6) is 0 Å². The normalized spacial score (nSPS) is 18.9. The van der Waals surface area contributed by atoms with Gasteiger partial charge in [-0.1, -0.05) is 11.6 Å². The Labute approximate surface area is 150 Å². The molecule has 5 nitrogen and oxygen atoms in total. The minimum absolute atomic E-state index is 0.158. The Morgan fingerprint density at radius 3 is 2.84 bits per heavy atom. The molecule has 1 fully saturated rings. The molecule has 10 heteroatoms. The summed E-state index contributed by atoms with van der Waals surface area (Å²) in [7, 11) is 0. The third-order valence-electron chi connectivity index (χ3n) is 4.20. The largest absolute Gasteiger partial charge is 0.452 e. The third kappa shape index (κ3) is 3.18. The first-order valence-corrected chi connectivity index (χ1v) is 8.90. The molecule has 1 atom stereocenters. The fourth-order valence-electron chi connectivity index (χ4n) is 3.05. The van der Waals surface area contributed by atoms with E-state index in [1.54, 1.807) is 12.1 Å². The van der Waals surface area contributed by atoms with Gasteiger partial charge in [0.1, 0.15) is 5.82 Å². The summed E-state index contributed by atoms with van der Waals surface area (Å²) in [5.41, 5.74) is 1.58. The van der Waals surface area contributed by atoms with E-state index in [0.717, 1.165) is 41.8 Å². The minimum Gasteiger partial charge on any atom is -0.340 e. The molecule has 1 aliphatic rings. The molecule has 25 heavy (non-hydrogen) atoms. The topological polar surface area (TPSA) is 57.7 Å². The SMILES string of the molecule is FC(F)(F)c1nsc(N2CCCCC2c2nc3ccc(Cl)cc3[nH]2)n1. The molecule has 0 radical (unpaired) electrons. The van der Waals surface area contributed by atoms with Gasteiger partial charge in [0.05, 0.1) is 17.1 Å². The molecule has 1 unspecified atom stereocenters. The van der Waals surface area contributed by atoms with Crippen LogP contribution in [-0.4, -0.2) is 25.9 Å². The Balaban J connectivity index is 1.69. The standard InChI is InChI=1S/C15H13ClF3N5S/c16-8-4-5-9-10(7-8)21-12(20-9)11-3-1-2-6-24(11)14-22-13(23-25-14)15(17,18)19/h4-5,7,11H,1-3,6H2,(H,20,21). The van der Waals surface area contributed by atoms with Gasteiger partial charge >= 0.3 is 6.18 Å². The first-order valence-electron chi connectivity index (χ1n) is 7.74. The second kappa shape index (κ2) is 6.14. The highest BCUT2D eigenvalue weighted by atomic mass is 35.5. The van der Waals surface area contributed by atoms with Gasteiger partial charge in [0.25, 0.3) is 0 Å². The summed E-state index contributed by atoms with van der Waals surface area (Å²) >= 11 is 6.78. The third-order valence-corrected chi connectivity index (χ3v) is 5.18. The van der Waals surface area contributed by atoms with E-state index in [4.69, 9.17) is 11.6 Å². The number of nitrogens with one attached hydrogen (secondary N) is 1. The molecule has 1 aromatic carbocycles. The van der Waals surface area contributed by atoms with Gasteiger partial charge in [-0.25, -0.2) is 4.98 Å². The number of nitrogens with zero attached hydrogens (tertiary/aromatic N) is 4. The van der Waals surface area contributed by atoms with E-state index in [2.05, 4.69) is 19.3 Å². The Morgan fingerprint density at radius 1 is 1.24 bits per heavy atom. The maximum atomic E-state index is 12.8. The summed E-state index contributed by atoms with van der Waals surface area (Å²) in [5, 5.41) is 0.873. The number of rotatable bonds is 2. The monoisotopic (exact) mass is 387 g/mol. The van der Waals surface area contributed by atoms with Crippen molar-refractivity contribution in [3.05, 3.63) is 34.9 Å². The van der Waals surface area contributed by atoms with Crippen molar-refractivity contribution in [3.8, 4) is 0 Å². The lowest BCUT2D eigenvalue weighted by Crippen LogP contribution is -2.34. The van der Waals surface area contributed by atoms with Gasteiger partial charge in [-0.3, -0.25) is 0 Å². The number of hydrogen-bond acceptors (Lipinski definition) is 5. The number of hydrogen-bond donors (Lipinski definition) is 1. The zero-order valence-corrected chi connectivity index (χ0v) is 14.4. The van der Waals surface area contributed by atoms with Gasteiger partial charge in [0.2, 0.25) is 11.0 Å². The highest BCUT2D eigenvalue weighted by Crippen LogP contribution is 2.37. The summed E-state index contributed by atoms with van der Waals surface area (Å²) in [6.45, 7) is 0.620. The quantitative estimate of drug-likeness (QED) is 0.685. The number of alkyl halides is 3. The molecule has 1 N–H and O–H groups in total. The first kappa shape index (κ1) is 16.6. The molecule has 0 amide bonds. The van der Waals surface area contributed by atoms with Gasteiger partial charge in [0.15, 0.2) is 0 Å². The Bertz CT molecular complexity index is 906. The number of aromatic amines is 1. The smallest absolute Gasteiger partial charge is 0.340 e. The van der Waals surface area contributed by atoms with Crippen LogP contribution in [0.4, 0.5) is 18.3 Å². The van der Waals surface area contributed by atoms with Crippen LogP contribution in [-0.2, 0) is 6.18 Å². The zero-order valence-electron chi connectivity index (χ0n) is 12.8. The average Bonchev–Trinajstić information content (AvgIpc) is 3.21. The van der Waals surface area contributed by atoms with Crippen molar-refractivity contribution in [2.24, 2.45) is 0 Å². The highest BCUT2D eigenvalue weighted by molar-refractivity contribution is 7.09. The van der Waals surface area contributed by atoms with Crippen LogP contribution >= 0.6 is 23.1 Å². The Morgan fingerprint density at radius 2 is 2.08 bits per heavy atom. The maximum Gasteiger partial charge on any atom is 0.452 e. The molecule has 4 rings (SSSR count). The number of aromatic nitrogens is 4. The van der Waals surface area contributed by atoms with E-state index >= 15 is 0 Å². The molecule has 0 bridgehead atoms. The van der Waals surface area contributed by atoms with Gasteiger partial charge in [-0.2, -0.15) is 22.5 Å². The summed E-state index contributed by atoms with van der Waals surface area (Å²) in [6, 6.07) is 5.20. The van der Waals surface area contributed by atoms with Crippen molar-refractivity contribution >= 4 is 39.3 Å². The first-order chi connectivity index (χ1) is 11.9. The van der Waals surface area contributed by atoms with Gasteiger partial charge in [0, 0.05) is 23.1 Å². The van der Waals surface area contributed by atoms with Gasteiger partial charge in [-0.05, 0) is 37.5 Å². The van der Waals surface area contributed by atoms with E-state index in [0.29, 0.717) is 17.4 Å². The van der Waals surface area contributed by atoms with Crippen LogP contribution in [0, 0.1) is 0 Å². The second-order valence-corrected chi connectivity index (χ2v) is 7.05. The Kier molecular flexibility index (Phi) is 4.07. The van der Waals surface area contributed by atoms with E-state index in [9.17, 15) is 13.2 Å². The number of benzene rings is 1. The van der Waals surface area contributed by atoms with Crippen molar-refractivity contribution in [1.82, 2.24) is 19.3 Å². The van der Waals surface area contributed by atoms with Crippen LogP contribution < -0.4 is 4.90 Å². The molecular weight excluding hydrogens is 375 g/mol. The summed E-state index contributed by atoms with van der Waals surface area (Å²) in [5.74, 6) is -0.381. The molecule has 0 aliphatic carbocycles. The summed E-state index contributed by atoms with van der Waals surface area (Å²) in [4.78, 5) is 13.4. The average molecular weight is 388 g/mol. The molecule has 3 aromatic rings. The van der Waals surface area contributed by atoms with Crippen LogP contribution in [0.3, 0.4) is 0 Å². The minimum atomic E-state index is -4.53. The second-order valence-electron chi connectivity index (χ2n) is 5.89. The summed E-state index contributed by atoms with van der Waals surface area (Å²) in [6.07, 6.45) is -1.88. The number of anilines is 1. The molecule has 132 valence electrons. The molecule has 0 spiro atoms. The van der Waals surface area contributed by atoms with E-state index in [1.165, 1.54) is 0 Å². The maximum absolute atomic E-state index is 12.8. The van der Waals surface area contributed by atoms with Crippen LogP contribution in [0.2, 0.25) is 5.02 Å². The number of piperidine rings is 1. The number of H-pyrrole nitrogens is 1. The van der Waals surface area contributed by atoms with Crippen LogP contribution in [0.1, 0.15) is 37.0 Å². The van der Waals surface area contributed by atoms with E-state index in [1.807, 2.05) is 11.0 Å². The highest BCUT2D eigenvalue weighted by Gasteiger charge is 2.38. The van der Waals surface area contributed by atoms with Crippen LogP contribution in [0.15, 0.2) is 18.2 Å². The zero-order chi connectivity index (χ0) is 17.6. The lowest BCUT2D eigenvalue weighted by atomic mass is 10.0. The van der Waals surface area contributed by atoms with E-state index in [-0.39, 0.29) is 11.2 Å². The van der Waals surface area contributed by atoms with Gasteiger partial charge in [-0.15, -0.1) is 0 Å². The lowest BCUT2D eigenvalue weighted by molar-refractivity contribution is -0.144. The molecule has 3 heterocycles. The fourth-order valence-corrected chi connectivity index (χ4v) is 3.99. The number of imidazole rings is 1. The number of halogens is 4. The number of fused-ring (bicyclic) bond motifs is 1. The van der Waals surface area contributed by atoms with Crippen molar-refractivity contribution in [3.63, 3.8) is 0 Å². The lowest BCUT2D eigenvalue weighted by Gasteiger charge is -2.33. The van der Waals surface area contributed by atoms with Crippen LogP contribution in [0.25, 0.3) is 11.0 Å². The molecule has 0 saturated carbocycles. The van der Waals surface area contributed by atoms with Crippen molar-refractivity contribution in [1.29, 1.82) is 0 Å². The molecule has 1 aliphatic heterocycles. The Hall–Kier alpha value is -1.87. The predicted molar refractivity (Wildman–Crippen MR) is 90.0 cm³/mol. The predicted octanol–water partition coefficient (Wildman–Crippen LogP) is 4.82.